The summed E-state index contributed by atoms with van der Waals surface area (Å²) in [5, 5.41) is 68.0. The number of rotatable bonds is 6. The summed E-state index contributed by atoms with van der Waals surface area (Å²) in [7, 11) is -4.93. The molecule has 2 rings (SSSR count). The number of carboxylic acid groups (broad SMARTS) is 1. The second kappa shape index (κ2) is 8.78. The lowest BCUT2D eigenvalue weighted by Gasteiger charge is -2.44. The molecule has 15 nitrogen and oxygen atoms in total. The average Bonchev–Trinajstić information content (AvgIpc) is 2.59. The van der Waals surface area contributed by atoms with E-state index in [1.807, 2.05) is 0 Å². The van der Waals surface area contributed by atoms with Crippen LogP contribution in [0.25, 0.3) is 0 Å². The zero-order valence-electron chi connectivity index (χ0n) is 13.8. The van der Waals surface area contributed by atoms with Crippen LogP contribution in [0.1, 0.15) is 0 Å². The number of aliphatic hydroxyl groups is 6. The lowest BCUT2D eigenvalue weighted by Crippen LogP contribution is -2.65. The monoisotopic (exact) mass is 436 g/mol. The van der Waals surface area contributed by atoms with Crippen LogP contribution in [0.5, 0.6) is 0 Å². The molecule has 0 saturated carbocycles. The molecule has 164 valence electrons. The summed E-state index contributed by atoms with van der Waals surface area (Å²) in [6.45, 7) is -1.00. The highest BCUT2D eigenvalue weighted by Gasteiger charge is 2.52. The fourth-order valence-electron chi connectivity index (χ4n) is 2.69. The lowest BCUT2D eigenvalue weighted by atomic mass is 9.97. The Kier molecular flexibility index (Phi) is 7.29. The van der Waals surface area contributed by atoms with Gasteiger partial charge in [0.25, 0.3) is 0 Å². The second-order valence-electron chi connectivity index (χ2n) is 6.09. The molecule has 0 aromatic rings. The van der Waals surface area contributed by atoms with Gasteiger partial charge in [0.1, 0.15) is 42.7 Å². The van der Waals surface area contributed by atoms with E-state index in [9.17, 15) is 43.9 Å². The normalized spacial score (nSPS) is 45.0. The maximum atomic E-state index is 11.1. The average molecular weight is 436 g/mol. The molecule has 2 heterocycles. The molecule has 10 atom stereocenters. The van der Waals surface area contributed by atoms with Crippen LogP contribution < -0.4 is 0 Å². The fraction of sp³-hybridized carbons (Fsp3) is 0.917. The Labute approximate surface area is 157 Å². The van der Waals surface area contributed by atoms with Crippen LogP contribution in [0.2, 0.25) is 0 Å². The van der Waals surface area contributed by atoms with Crippen molar-refractivity contribution in [2.24, 2.45) is 0 Å². The molecule has 2 aliphatic heterocycles. The Balaban J connectivity index is 2.15. The SMILES string of the molecule is O=C(O)[C@H]1O[C@@H](O[C@@H]2[C@@H](O)[C@H](O)O[C@H](COS(=O)(=O)O)[C@@H]2O)[C@H](O)[C@@H](O)[C@@H]1O. The minimum Gasteiger partial charge on any atom is -0.479 e. The molecule has 0 aliphatic carbocycles. The van der Waals surface area contributed by atoms with Crippen LogP contribution in [-0.4, -0.2) is 123 Å². The Morgan fingerprint density at radius 2 is 1.50 bits per heavy atom. The quantitative estimate of drug-likeness (QED) is 0.181. The molecule has 2 aliphatic rings. The van der Waals surface area contributed by atoms with Crippen molar-refractivity contribution in [1.82, 2.24) is 0 Å². The van der Waals surface area contributed by atoms with Gasteiger partial charge in [-0.15, -0.1) is 0 Å². The number of ether oxygens (including phenoxy) is 3. The molecule has 0 spiro atoms. The van der Waals surface area contributed by atoms with E-state index >= 15 is 0 Å². The van der Waals surface area contributed by atoms with E-state index in [4.69, 9.17) is 23.9 Å². The molecular weight excluding hydrogens is 416 g/mol. The minimum atomic E-state index is -4.93. The number of hydrogen-bond acceptors (Lipinski definition) is 13. The van der Waals surface area contributed by atoms with Gasteiger partial charge in [0.05, 0.1) is 6.61 Å². The Hall–Kier alpha value is -1.02. The summed E-state index contributed by atoms with van der Waals surface area (Å²) in [5.41, 5.74) is 0. The van der Waals surface area contributed by atoms with Crippen molar-refractivity contribution in [2.75, 3.05) is 6.61 Å². The van der Waals surface area contributed by atoms with Gasteiger partial charge < -0.3 is 50.0 Å². The summed E-state index contributed by atoms with van der Waals surface area (Å²) in [4.78, 5) is 11.1. The molecular formula is C12H20O15S. The maximum absolute atomic E-state index is 11.1. The third kappa shape index (κ3) is 5.12. The molecule has 0 unspecified atom stereocenters. The first-order valence-corrected chi connectivity index (χ1v) is 9.09. The molecule has 0 amide bonds. The van der Waals surface area contributed by atoms with Crippen LogP contribution in [0, 0.1) is 0 Å². The summed E-state index contributed by atoms with van der Waals surface area (Å²) in [5.74, 6) is -1.71. The number of hydrogen-bond donors (Lipinski definition) is 8. The van der Waals surface area contributed by atoms with Gasteiger partial charge in [-0.2, -0.15) is 8.42 Å². The van der Waals surface area contributed by atoms with Gasteiger partial charge >= 0.3 is 16.4 Å². The van der Waals surface area contributed by atoms with Gasteiger partial charge in [-0.1, -0.05) is 0 Å². The zero-order valence-corrected chi connectivity index (χ0v) is 14.6. The highest BCUT2D eigenvalue weighted by molar-refractivity contribution is 7.80. The fourth-order valence-corrected chi connectivity index (χ4v) is 2.99. The number of carboxylic acids is 1. The van der Waals surface area contributed by atoms with Crippen LogP contribution in [0.4, 0.5) is 0 Å². The first kappa shape index (κ1) is 23.3. The van der Waals surface area contributed by atoms with E-state index in [1.165, 1.54) is 0 Å². The predicted molar refractivity (Wildman–Crippen MR) is 79.6 cm³/mol. The van der Waals surface area contributed by atoms with E-state index in [1.54, 1.807) is 0 Å². The van der Waals surface area contributed by atoms with Crippen molar-refractivity contribution in [2.45, 2.75) is 61.4 Å². The van der Waals surface area contributed by atoms with Gasteiger partial charge in [-0.05, 0) is 0 Å². The molecule has 0 aromatic carbocycles. The first-order chi connectivity index (χ1) is 12.8. The van der Waals surface area contributed by atoms with Gasteiger partial charge in [-0.25, -0.2) is 8.98 Å². The van der Waals surface area contributed by atoms with Gasteiger partial charge in [0.2, 0.25) is 0 Å². The summed E-state index contributed by atoms with van der Waals surface area (Å²) >= 11 is 0. The van der Waals surface area contributed by atoms with Gasteiger partial charge in [-0.3, -0.25) is 4.55 Å². The summed E-state index contributed by atoms with van der Waals surface area (Å²) in [6.07, 6.45) is -19.5. The zero-order chi connectivity index (χ0) is 21.4. The largest absolute Gasteiger partial charge is 0.479 e. The molecule has 8 N–H and O–H groups in total. The third-order valence-electron chi connectivity index (χ3n) is 4.15. The molecule has 28 heavy (non-hydrogen) atoms. The smallest absolute Gasteiger partial charge is 0.397 e. The highest BCUT2D eigenvalue weighted by Crippen LogP contribution is 2.29. The van der Waals surface area contributed by atoms with Crippen LogP contribution in [-0.2, 0) is 33.6 Å². The van der Waals surface area contributed by atoms with Crippen molar-refractivity contribution in [1.29, 1.82) is 0 Å². The minimum absolute atomic E-state index is 1.00. The maximum Gasteiger partial charge on any atom is 0.397 e. The van der Waals surface area contributed by atoms with E-state index < -0.39 is 84.4 Å². The van der Waals surface area contributed by atoms with Gasteiger partial charge in [0.15, 0.2) is 18.7 Å². The molecule has 0 radical (unpaired) electrons. The van der Waals surface area contributed by atoms with Crippen molar-refractivity contribution in [3.05, 3.63) is 0 Å². The lowest BCUT2D eigenvalue weighted by molar-refractivity contribution is -0.351. The van der Waals surface area contributed by atoms with E-state index in [-0.39, 0.29) is 0 Å². The first-order valence-electron chi connectivity index (χ1n) is 7.73. The molecule has 16 heteroatoms. The topological polar surface area (TPSA) is 250 Å². The molecule has 2 fully saturated rings. The molecule has 0 bridgehead atoms. The van der Waals surface area contributed by atoms with E-state index in [0.29, 0.717) is 0 Å². The van der Waals surface area contributed by atoms with Crippen LogP contribution in [0.3, 0.4) is 0 Å². The highest BCUT2D eigenvalue weighted by atomic mass is 32.3. The Morgan fingerprint density at radius 1 is 0.893 bits per heavy atom. The standard InChI is InChI=1S/C12H20O15S/c13-3-2(1-24-28(21,22)23)25-11(20)7(17)8(3)26-12-6(16)4(14)5(15)9(27-12)10(18)19/h2-9,11-17,20H,1H2,(H,18,19)(H,21,22,23)/t2-,3+,4+,5+,6-,7-,8+,9+,11-,12-/m1/s1. The van der Waals surface area contributed by atoms with Crippen molar-refractivity contribution < 1.29 is 71.9 Å². The third-order valence-corrected chi connectivity index (χ3v) is 4.58. The molecule has 0 aromatic heterocycles. The number of aliphatic carboxylic acids is 1. The summed E-state index contributed by atoms with van der Waals surface area (Å²) < 4.78 is 48.5. The Morgan fingerprint density at radius 3 is 2.04 bits per heavy atom. The predicted octanol–water partition coefficient (Wildman–Crippen LogP) is -5.48. The number of carbonyl (C=O) groups is 1. The van der Waals surface area contributed by atoms with Crippen molar-refractivity contribution in [3.8, 4) is 0 Å². The number of aliphatic hydroxyl groups excluding tert-OH is 6. The molecule has 2 saturated heterocycles. The van der Waals surface area contributed by atoms with Crippen molar-refractivity contribution in [3.63, 3.8) is 0 Å². The second-order valence-corrected chi connectivity index (χ2v) is 7.19. The van der Waals surface area contributed by atoms with E-state index in [2.05, 4.69) is 4.18 Å². The summed E-state index contributed by atoms with van der Waals surface area (Å²) in [6, 6.07) is 0. The van der Waals surface area contributed by atoms with Crippen molar-refractivity contribution >= 4 is 16.4 Å². The van der Waals surface area contributed by atoms with Crippen LogP contribution in [0.15, 0.2) is 0 Å². The Bertz CT molecular complexity index is 653. The van der Waals surface area contributed by atoms with Gasteiger partial charge in [0, 0.05) is 0 Å². The van der Waals surface area contributed by atoms with E-state index in [0.717, 1.165) is 0 Å². The van der Waals surface area contributed by atoms with Crippen LogP contribution >= 0.6 is 0 Å².